The van der Waals surface area contributed by atoms with Crippen molar-refractivity contribution in [3.8, 4) is 22.4 Å². The van der Waals surface area contributed by atoms with Crippen molar-refractivity contribution in [1.29, 1.82) is 0 Å². The molecule has 8 heteroatoms. The van der Waals surface area contributed by atoms with Crippen molar-refractivity contribution in [2.24, 2.45) is 7.05 Å². The lowest BCUT2D eigenvalue weighted by molar-refractivity contribution is -0.139. The lowest BCUT2D eigenvalue weighted by atomic mass is 9.87. The first-order valence-electron chi connectivity index (χ1n) is 12.3. The van der Waals surface area contributed by atoms with Crippen LogP contribution in [-0.4, -0.2) is 48.3 Å². The van der Waals surface area contributed by atoms with E-state index in [4.69, 9.17) is 10.1 Å². The molecule has 4 rings (SSSR count). The third-order valence-corrected chi connectivity index (χ3v) is 6.45. The Morgan fingerprint density at radius 2 is 1.92 bits per heavy atom. The van der Waals surface area contributed by atoms with Gasteiger partial charge in [-0.05, 0) is 54.0 Å². The molecule has 2 atom stereocenters. The van der Waals surface area contributed by atoms with Crippen molar-refractivity contribution >= 4 is 12.0 Å². The van der Waals surface area contributed by atoms with Crippen LogP contribution >= 0.6 is 0 Å². The molecule has 1 aliphatic carbocycles. The number of hydrogen-bond donors (Lipinski definition) is 3. The fraction of sp³-hybridized carbons (Fsp3) is 0.393. The van der Waals surface area contributed by atoms with E-state index in [1.807, 2.05) is 13.2 Å². The average molecular weight is 494 g/mol. The Morgan fingerprint density at radius 3 is 2.58 bits per heavy atom. The highest BCUT2D eigenvalue weighted by molar-refractivity contribution is 5.85. The first-order chi connectivity index (χ1) is 17.1. The van der Waals surface area contributed by atoms with Gasteiger partial charge in [0.2, 0.25) is 0 Å². The number of aliphatic hydroxyl groups is 2. The third-order valence-electron chi connectivity index (χ3n) is 6.45. The molecule has 0 radical (unpaired) electrons. The number of aliphatic hydroxyl groups excluding tert-OH is 2. The second-order valence-electron chi connectivity index (χ2n) is 9.71. The summed E-state index contributed by atoms with van der Waals surface area (Å²) < 4.78 is 15.7. The van der Waals surface area contributed by atoms with Gasteiger partial charge in [0, 0.05) is 30.8 Å². The van der Waals surface area contributed by atoms with Crippen LogP contribution in [0, 0.1) is 5.82 Å². The van der Waals surface area contributed by atoms with Crippen LogP contribution in [0.15, 0.2) is 36.5 Å². The third kappa shape index (κ3) is 5.55. The molecule has 0 fully saturated rings. The summed E-state index contributed by atoms with van der Waals surface area (Å²) in [6.07, 6.45) is 5.14. The Morgan fingerprint density at radius 1 is 1.19 bits per heavy atom. The molecule has 2 aromatic heterocycles. The summed E-state index contributed by atoms with van der Waals surface area (Å²) in [6.45, 7) is 4.10. The molecule has 0 aliphatic heterocycles. The average Bonchev–Trinajstić information content (AvgIpc) is 3.09. The largest absolute Gasteiger partial charge is 0.481 e. The van der Waals surface area contributed by atoms with Crippen molar-refractivity contribution in [2.45, 2.75) is 64.1 Å². The van der Waals surface area contributed by atoms with Crippen LogP contribution < -0.4 is 0 Å². The summed E-state index contributed by atoms with van der Waals surface area (Å²) in [5, 5.41) is 34.0. The Labute approximate surface area is 209 Å². The zero-order valence-electron chi connectivity index (χ0n) is 20.8. The van der Waals surface area contributed by atoms with E-state index in [1.54, 1.807) is 29.0 Å². The van der Waals surface area contributed by atoms with E-state index >= 15 is 0 Å². The maximum atomic E-state index is 13.8. The zero-order chi connectivity index (χ0) is 26.0. The zero-order valence-corrected chi connectivity index (χ0v) is 20.8. The van der Waals surface area contributed by atoms with Crippen molar-refractivity contribution in [2.75, 3.05) is 0 Å². The predicted octanol–water partition coefficient (Wildman–Crippen LogP) is 4.50. The molecule has 2 heterocycles. The smallest absolute Gasteiger partial charge is 0.305 e. The van der Waals surface area contributed by atoms with Crippen LogP contribution in [0.2, 0.25) is 0 Å². The number of carboxylic acid groups (broad SMARTS) is 1. The molecule has 36 heavy (non-hydrogen) atoms. The molecular formula is C28H32FN3O4. The van der Waals surface area contributed by atoms with Gasteiger partial charge in [0.25, 0.3) is 0 Å². The lowest BCUT2D eigenvalue weighted by Crippen LogP contribution is -2.19. The second-order valence-corrected chi connectivity index (χ2v) is 9.71. The van der Waals surface area contributed by atoms with E-state index < -0.39 is 24.6 Å². The van der Waals surface area contributed by atoms with E-state index in [2.05, 4.69) is 18.9 Å². The summed E-state index contributed by atoms with van der Waals surface area (Å²) in [7, 11) is 1.90. The van der Waals surface area contributed by atoms with Gasteiger partial charge in [0.15, 0.2) is 0 Å². The molecule has 3 N–H and O–H groups in total. The number of hydrogen-bond acceptors (Lipinski definition) is 5. The van der Waals surface area contributed by atoms with Crippen LogP contribution in [0.5, 0.6) is 0 Å². The van der Waals surface area contributed by atoms with Crippen molar-refractivity contribution in [3.05, 3.63) is 64.9 Å². The molecule has 3 aromatic rings. The maximum absolute atomic E-state index is 13.8. The Kier molecular flexibility index (Phi) is 7.66. The minimum Gasteiger partial charge on any atom is -0.481 e. The number of aryl methyl sites for hydroxylation is 2. The normalized spacial score (nSPS) is 15.0. The molecule has 0 unspecified atom stereocenters. The van der Waals surface area contributed by atoms with Crippen LogP contribution in [-0.2, 0) is 24.7 Å². The lowest BCUT2D eigenvalue weighted by Gasteiger charge is -2.21. The standard InChI is InChI=1S/C28H32FN3O4/c1-16(2)27-22(12-11-19(33)13-20(34)14-25(35)36)26(17-7-9-18(29)10-8-17)21-5-4-6-24-23(28(21)30-27)15-32(3)31-24/h7-12,15-16,19-20,33-34H,4-6,13-14H2,1-3H3,(H,35,36)/t19-,20-/m1/s1. The number of rotatable bonds is 8. The molecule has 190 valence electrons. The van der Waals surface area contributed by atoms with Crippen LogP contribution in [0.25, 0.3) is 28.5 Å². The SMILES string of the molecule is CC(C)c1nc2c(c(-c3ccc(F)cc3)c1C=C[C@@H](O)C[C@@H](O)CC(=O)O)CCCc1nn(C)cc1-2. The number of carboxylic acids is 1. The van der Waals surface area contributed by atoms with Crippen molar-refractivity contribution in [1.82, 2.24) is 14.8 Å². The van der Waals surface area contributed by atoms with Gasteiger partial charge in [-0.1, -0.05) is 38.1 Å². The monoisotopic (exact) mass is 493 g/mol. The molecule has 7 nitrogen and oxygen atoms in total. The summed E-state index contributed by atoms with van der Waals surface area (Å²) in [5.41, 5.74) is 7.40. The number of nitrogens with zero attached hydrogens (tertiary/aromatic N) is 3. The molecule has 0 amide bonds. The van der Waals surface area contributed by atoms with E-state index in [9.17, 15) is 19.4 Å². The molecule has 0 bridgehead atoms. The van der Waals surface area contributed by atoms with E-state index in [0.717, 1.165) is 64.2 Å². The number of fused-ring (bicyclic) bond motifs is 3. The number of aliphatic carboxylic acids is 1. The molecule has 0 saturated carbocycles. The molecule has 0 saturated heterocycles. The first-order valence-corrected chi connectivity index (χ1v) is 12.3. The number of aromatic nitrogens is 3. The highest BCUT2D eigenvalue weighted by Gasteiger charge is 2.26. The fourth-order valence-corrected chi connectivity index (χ4v) is 4.88. The fourth-order valence-electron chi connectivity index (χ4n) is 4.88. The predicted molar refractivity (Wildman–Crippen MR) is 136 cm³/mol. The van der Waals surface area contributed by atoms with Gasteiger partial charge < -0.3 is 15.3 Å². The van der Waals surface area contributed by atoms with Crippen LogP contribution in [0.1, 0.15) is 61.5 Å². The van der Waals surface area contributed by atoms with Gasteiger partial charge >= 0.3 is 5.97 Å². The summed E-state index contributed by atoms with van der Waals surface area (Å²) in [5.74, 6) is -1.39. The van der Waals surface area contributed by atoms with E-state index in [0.29, 0.717) is 0 Å². The minimum absolute atomic E-state index is 0.0484. The van der Waals surface area contributed by atoms with Gasteiger partial charge in [-0.2, -0.15) is 5.10 Å². The van der Waals surface area contributed by atoms with Gasteiger partial charge in [-0.3, -0.25) is 14.5 Å². The van der Waals surface area contributed by atoms with Gasteiger partial charge in [-0.25, -0.2) is 4.39 Å². The maximum Gasteiger partial charge on any atom is 0.305 e. The number of halogens is 1. The summed E-state index contributed by atoms with van der Waals surface area (Å²) in [4.78, 5) is 16.0. The highest BCUT2D eigenvalue weighted by atomic mass is 19.1. The Hall–Kier alpha value is -3.36. The highest BCUT2D eigenvalue weighted by Crippen LogP contribution is 2.41. The van der Waals surface area contributed by atoms with Gasteiger partial charge in [0.05, 0.1) is 35.7 Å². The van der Waals surface area contributed by atoms with Crippen LogP contribution in [0.4, 0.5) is 4.39 Å². The number of pyridine rings is 1. The van der Waals surface area contributed by atoms with Crippen molar-refractivity contribution in [3.63, 3.8) is 0 Å². The Bertz CT molecular complexity index is 1280. The van der Waals surface area contributed by atoms with Gasteiger partial charge in [-0.15, -0.1) is 0 Å². The van der Waals surface area contributed by atoms with Gasteiger partial charge in [0.1, 0.15) is 5.82 Å². The molecular weight excluding hydrogens is 461 g/mol. The van der Waals surface area contributed by atoms with Crippen LogP contribution in [0.3, 0.4) is 0 Å². The molecule has 1 aliphatic rings. The molecule has 1 aromatic carbocycles. The van der Waals surface area contributed by atoms with Crippen molar-refractivity contribution < 1.29 is 24.5 Å². The summed E-state index contributed by atoms with van der Waals surface area (Å²) >= 11 is 0. The Balaban J connectivity index is 1.89. The van der Waals surface area contributed by atoms with E-state index in [1.165, 1.54) is 12.1 Å². The first kappa shape index (κ1) is 25.7. The minimum atomic E-state index is -1.16. The number of carbonyl (C=O) groups is 1. The summed E-state index contributed by atoms with van der Waals surface area (Å²) in [6, 6.07) is 6.39. The molecule has 0 spiro atoms. The van der Waals surface area contributed by atoms with E-state index in [-0.39, 0.29) is 18.2 Å². The second kappa shape index (κ2) is 10.7. The number of benzene rings is 1. The topological polar surface area (TPSA) is 108 Å². The quantitative estimate of drug-likeness (QED) is 0.426.